The van der Waals surface area contributed by atoms with Crippen molar-refractivity contribution in [3.63, 3.8) is 0 Å². The zero-order valence-corrected chi connectivity index (χ0v) is 13.5. The number of hydrogen-bond donors (Lipinski definition) is 3. The van der Waals surface area contributed by atoms with Crippen molar-refractivity contribution in [2.75, 3.05) is 13.1 Å². The lowest BCUT2D eigenvalue weighted by Gasteiger charge is -2.35. The standard InChI is InChI=1S/C17H25N3O3/c1-12(16(22)19-17(18)23)20-10-8-14(9-11-20)3-2-13-4-6-15(21)7-5-13/h4-7,12,14,21H,2-3,8-11H2,1H3,(H3,18,19,22,23)/t12-/m0/s1. The van der Waals surface area contributed by atoms with Gasteiger partial charge in [0.05, 0.1) is 6.04 Å². The third-order valence-electron chi connectivity index (χ3n) is 4.60. The number of nitrogens with two attached hydrogens (primary N) is 1. The summed E-state index contributed by atoms with van der Waals surface area (Å²) >= 11 is 0. The normalized spacial score (nSPS) is 17.6. The number of carbonyl (C=O) groups is 2. The highest BCUT2D eigenvalue weighted by molar-refractivity contribution is 5.96. The number of nitrogens with one attached hydrogen (secondary N) is 1. The summed E-state index contributed by atoms with van der Waals surface area (Å²) in [6.45, 7) is 3.51. The van der Waals surface area contributed by atoms with Gasteiger partial charge >= 0.3 is 6.03 Å². The van der Waals surface area contributed by atoms with Gasteiger partial charge in [-0.1, -0.05) is 12.1 Å². The third-order valence-corrected chi connectivity index (χ3v) is 4.60. The maximum atomic E-state index is 11.8. The van der Waals surface area contributed by atoms with Gasteiger partial charge in [0, 0.05) is 0 Å². The van der Waals surface area contributed by atoms with Crippen LogP contribution in [0.5, 0.6) is 5.75 Å². The maximum Gasteiger partial charge on any atom is 0.318 e. The second kappa shape index (κ2) is 7.97. The number of rotatable bonds is 5. The largest absolute Gasteiger partial charge is 0.508 e. The molecule has 1 aromatic rings. The lowest BCUT2D eigenvalue weighted by atomic mass is 9.90. The molecule has 6 heteroatoms. The van der Waals surface area contributed by atoms with Crippen molar-refractivity contribution in [2.24, 2.45) is 11.7 Å². The van der Waals surface area contributed by atoms with E-state index in [1.807, 2.05) is 12.1 Å². The molecule has 0 bridgehead atoms. The number of likely N-dealkylation sites (tertiary alicyclic amines) is 1. The number of carbonyl (C=O) groups excluding carboxylic acids is 2. The molecule has 1 aromatic carbocycles. The first-order valence-corrected chi connectivity index (χ1v) is 8.08. The minimum atomic E-state index is -0.800. The number of amides is 3. The van der Waals surface area contributed by atoms with E-state index in [9.17, 15) is 14.7 Å². The topological polar surface area (TPSA) is 95.7 Å². The molecule has 1 atom stereocenters. The van der Waals surface area contributed by atoms with Crippen LogP contribution in [0, 0.1) is 5.92 Å². The Morgan fingerprint density at radius 2 is 1.91 bits per heavy atom. The molecule has 1 saturated heterocycles. The van der Waals surface area contributed by atoms with Gasteiger partial charge in [-0.05, 0) is 69.3 Å². The van der Waals surface area contributed by atoms with Crippen molar-refractivity contribution in [3.8, 4) is 5.75 Å². The van der Waals surface area contributed by atoms with Crippen LogP contribution in [0.25, 0.3) is 0 Å². The number of hydrogen-bond acceptors (Lipinski definition) is 4. The predicted molar refractivity (Wildman–Crippen MR) is 87.9 cm³/mol. The number of phenolic OH excluding ortho intramolecular Hbond substituents is 1. The number of imide groups is 1. The van der Waals surface area contributed by atoms with Crippen molar-refractivity contribution >= 4 is 11.9 Å². The van der Waals surface area contributed by atoms with E-state index in [0.29, 0.717) is 11.7 Å². The Bertz CT molecular complexity index is 537. The molecule has 1 fully saturated rings. The van der Waals surface area contributed by atoms with Crippen LogP contribution in [-0.4, -0.2) is 41.1 Å². The van der Waals surface area contributed by atoms with Crippen molar-refractivity contribution in [3.05, 3.63) is 29.8 Å². The number of urea groups is 1. The summed E-state index contributed by atoms with van der Waals surface area (Å²) in [7, 11) is 0. The maximum absolute atomic E-state index is 11.8. The Morgan fingerprint density at radius 1 is 1.30 bits per heavy atom. The number of phenols is 1. The van der Waals surface area contributed by atoms with Gasteiger partial charge in [0.1, 0.15) is 5.75 Å². The summed E-state index contributed by atoms with van der Waals surface area (Å²) in [5, 5.41) is 11.4. The van der Waals surface area contributed by atoms with Crippen LogP contribution in [0.15, 0.2) is 24.3 Å². The summed E-state index contributed by atoms with van der Waals surface area (Å²) in [5.41, 5.74) is 6.22. The van der Waals surface area contributed by atoms with E-state index >= 15 is 0 Å². The highest BCUT2D eigenvalue weighted by Gasteiger charge is 2.26. The van der Waals surface area contributed by atoms with E-state index in [2.05, 4.69) is 10.2 Å². The summed E-state index contributed by atoms with van der Waals surface area (Å²) in [6, 6.07) is 6.22. The van der Waals surface area contributed by atoms with Gasteiger partial charge in [0.15, 0.2) is 0 Å². The zero-order chi connectivity index (χ0) is 16.8. The molecule has 0 saturated carbocycles. The van der Waals surface area contributed by atoms with Crippen molar-refractivity contribution in [1.82, 2.24) is 10.2 Å². The molecule has 0 spiro atoms. The van der Waals surface area contributed by atoms with Crippen LogP contribution in [0.2, 0.25) is 0 Å². The number of aromatic hydroxyl groups is 1. The minimum Gasteiger partial charge on any atom is -0.508 e. The van der Waals surface area contributed by atoms with Crippen LogP contribution in [0.1, 0.15) is 31.7 Å². The lowest BCUT2D eigenvalue weighted by molar-refractivity contribution is -0.125. The average molecular weight is 319 g/mol. The molecule has 6 nitrogen and oxygen atoms in total. The van der Waals surface area contributed by atoms with Crippen LogP contribution in [0.3, 0.4) is 0 Å². The van der Waals surface area contributed by atoms with Crippen LogP contribution >= 0.6 is 0 Å². The fraction of sp³-hybridized carbons (Fsp3) is 0.529. The van der Waals surface area contributed by atoms with Crippen molar-refractivity contribution in [2.45, 2.75) is 38.6 Å². The minimum absolute atomic E-state index is 0.297. The van der Waals surface area contributed by atoms with Crippen molar-refractivity contribution < 1.29 is 14.7 Å². The Hall–Kier alpha value is -2.08. The van der Waals surface area contributed by atoms with Gasteiger partial charge in [-0.3, -0.25) is 15.0 Å². The van der Waals surface area contributed by atoms with Gasteiger partial charge < -0.3 is 10.8 Å². The molecule has 0 aliphatic carbocycles. The van der Waals surface area contributed by atoms with Gasteiger partial charge in [-0.25, -0.2) is 4.79 Å². The summed E-state index contributed by atoms with van der Waals surface area (Å²) in [6.07, 6.45) is 4.21. The quantitative estimate of drug-likeness (QED) is 0.768. The monoisotopic (exact) mass is 319 g/mol. The van der Waals surface area contributed by atoms with Crippen LogP contribution in [0.4, 0.5) is 4.79 Å². The van der Waals surface area contributed by atoms with E-state index in [1.165, 1.54) is 5.56 Å². The van der Waals surface area contributed by atoms with E-state index in [0.717, 1.165) is 38.8 Å². The molecule has 2 rings (SSSR count). The average Bonchev–Trinajstić information content (AvgIpc) is 2.53. The lowest BCUT2D eigenvalue weighted by Crippen LogP contribution is -2.50. The molecule has 1 aliphatic heterocycles. The first-order valence-electron chi connectivity index (χ1n) is 8.08. The number of piperidine rings is 1. The second-order valence-electron chi connectivity index (χ2n) is 6.21. The number of benzene rings is 1. The Kier molecular flexibility index (Phi) is 5.98. The third kappa shape index (κ3) is 5.25. The van der Waals surface area contributed by atoms with E-state index in [4.69, 9.17) is 5.73 Å². The predicted octanol–water partition coefficient (Wildman–Crippen LogP) is 1.62. The molecule has 4 N–H and O–H groups in total. The van der Waals surface area contributed by atoms with Gasteiger partial charge in [0.2, 0.25) is 5.91 Å². The fourth-order valence-electron chi connectivity index (χ4n) is 3.05. The molecule has 126 valence electrons. The smallest absolute Gasteiger partial charge is 0.318 e. The first-order chi connectivity index (χ1) is 11.0. The van der Waals surface area contributed by atoms with Crippen LogP contribution in [-0.2, 0) is 11.2 Å². The molecule has 0 aromatic heterocycles. The molecule has 23 heavy (non-hydrogen) atoms. The molecular formula is C17H25N3O3. The Labute approximate surface area is 136 Å². The summed E-state index contributed by atoms with van der Waals surface area (Å²) in [4.78, 5) is 24.6. The molecule has 0 unspecified atom stereocenters. The molecule has 3 amide bonds. The number of aryl methyl sites for hydroxylation is 1. The summed E-state index contributed by atoms with van der Waals surface area (Å²) < 4.78 is 0. The van der Waals surface area contributed by atoms with Gasteiger partial charge in [-0.15, -0.1) is 0 Å². The van der Waals surface area contributed by atoms with Gasteiger partial charge in [0.25, 0.3) is 0 Å². The fourth-order valence-corrected chi connectivity index (χ4v) is 3.05. The number of primary amides is 1. The Morgan fingerprint density at radius 3 is 2.48 bits per heavy atom. The second-order valence-corrected chi connectivity index (χ2v) is 6.21. The summed E-state index contributed by atoms with van der Waals surface area (Å²) in [5.74, 6) is 0.608. The van der Waals surface area contributed by atoms with Crippen LogP contribution < -0.4 is 11.1 Å². The van der Waals surface area contributed by atoms with E-state index < -0.39 is 6.03 Å². The SMILES string of the molecule is C[C@@H](C(=O)NC(N)=O)N1CCC(CCc2ccc(O)cc2)CC1. The molecular weight excluding hydrogens is 294 g/mol. The van der Waals surface area contributed by atoms with E-state index in [1.54, 1.807) is 19.1 Å². The molecule has 0 radical (unpaired) electrons. The first kappa shape index (κ1) is 17.3. The molecule has 1 aliphatic rings. The zero-order valence-electron chi connectivity index (χ0n) is 13.5. The Balaban J connectivity index is 1.74. The highest BCUT2D eigenvalue weighted by atomic mass is 16.3. The molecule has 1 heterocycles. The van der Waals surface area contributed by atoms with E-state index in [-0.39, 0.29) is 11.9 Å². The highest BCUT2D eigenvalue weighted by Crippen LogP contribution is 2.24. The number of nitrogens with zero attached hydrogens (tertiary/aromatic N) is 1. The van der Waals surface area contributed by atoms with Gasteiger partial charge in [-0.2, -0.15) is 0 Å². The van der Waals surface area contributed by atoms with Crippen molar-refractivity contribution in [1.29, 1.82) is 0 Å².